The molecule has 2 aromatic carbocycles. The van der Waals surface area contributed by atoms with Gasteiger partial charge in [0.2, 0.25) is 0 Å². The zero-order valence-corrected chi connectivity index (χ0v) is 7.51. The molecule has 2 aromatic rings. The van der Waals surface area contributed by atoms with E-state index in [0.717, 1.165) is 0 Å². The molecule has 0 spiro atoms. The maximum Gasteiger partial charge on any atom is 1.00 e. The largest absolute Gasteiger partial charge is 1.00 e. The van der Waals surface area contributed by atoms with Crippen LogP contribution in [0.3, 0.4) is 0 Å². The quantitative estimate of drug-likeness (QED) is 0.518. The van der Waals surface area contributed by atoms with Crippen molar-refractivity contribution in [3.05, 3.63) is 42.5 Å². The molecular weight excluding hydrogens is 305 g/mol. The molecule has 1 heteroatoms. The van der Waals surface area contributed by atoms with E-state index in [2.05, 4.69) is 42.5 Å². The Balaban J connectivity index is 0.000000500. The fourth-order valence-electron chi connectivity index (χ4n) is 1.07. The third-order valence-electron chi connectivity index (χ3n) is 1.55. The summed E-state index contributed by atoms with van der Waals surface area (Å²) in [4.78, 5) is 0. The van der Waals surface area contributed by atoms with Crippen molar-refractivity contribution in [2.45, 2.75) is 0 Å². The Morgan fingerprint density at radius 3 is 2.60 bits per heavy atom. The van der Waals surface area contributed by atoms with Crippen LogP contribution in [0.1, 0.15) is 0 Å². The molecule has 0 radical (unpaired) electrons. The average molecular weight is 312 g/mol. The fourth-order valence-corrected chi connectivity index (χ4v) is 1.07. The first-order valence-corrected chi connectivity index (χ1v) is 3.07. The maximum atomic E-state index is 2.12. The summed E-state index contributed by atoms with van der Waals surface area (Å²) >= 11 is 0. The summed E-state index contributed by atoms with van der Waals surface area (Å²) in [6.07, 6.45) is 0. The van der Waals surface area contributed by atoms with E-state index in [1.807, 2.05) is 0 Å². The van der Waals surface area contributed by atoms with Crippen LogP contribution in [0.4, 0.5) is 0 Å². The first-order chi connectivity index (χ1) is 4.47. The molecule has 0 atom stereocenters. The van der Waals surface area contributed by atoms with E-state index < -0.39 is 0 Å². The van der Waals surface area contributed by atoms with Gasteiger partial charge in [-0.2, -0.15) is 17.5 Å². The summed E-state index contributed by atoms with van der Waals surface area (Å²) in [6, 6.07) is 14.7. The van der Waals surface area contributed by atoms with Crippen LogP contribution in [-0.2, 0) is 22.4 Å². The number of hydrogen-bond donors (Lipinski definition) is 0. The zero-order chi connectivity index (χ0) is 6.10. The maximum absolute atomic E-state index is 2.12. The number of benzene rings is 1. The first-order valence-electron chi connectivity index (χ1n) is 3.07. The Labute approximate surface area is 75.7 Å². The van der Waals surface area contributed by atoms with Crippen LogP contribution < -0.4 is 0 Å². The SMILES string of the molecule is [Au+].c1ccc2[cH-]ccc2c1. The minimum Gasteiger partial charge on any atom is -0.168 e. The summed E-state index contributed by atoms with van der Waals surface area (Å²) in [5.74, 6) is 0. The number of hydrogen-bond acceptors (Lipinski definition) is 0. The molecular formula is C9H7Au. The summed E-state index contributed by atoms with van der Waals surface area (Å²) in [5, 5.41) is 2.66. The molecule has 0 aliphatic heterocycles. The molecule has 0 N–H and O–H groups in total. The van der Waals surface area contributed by atoms with Gasteiger partial charge < -0.3 is 0 Å². The van der Waals surface area contributed by atoms with Gasteiger partial charge in [0.05, 0.1) is 0 Å². The first kappa shape index (κ1) is 7.67. The van der Waals surface area contributed by atoms with E-state index in [4.69, 9.17) is 0 Å². The van der Waals surface area contributed by atoms with Gasteiger partial charge in [-0.25, -0.2) is 0 Å². The van der Waals surface area contributed by atoms with Gasteiger partial charge >= 0.3 is 22.4 Å². The number of rotatable bonds is 0. The van der Waals surface area contributed by atoms with Crippen LogP contribution in [0.5, 0.6) is 0 Å². The van der Waals surface area contributed by atoms with Gasteiger partial charge in [0.25, 0.3) is 0 Å². The van der Waals surface area contributed by atoms with Crippen LogP contribution in [0.15, 0.2) is 42.5 Å². The zero-order valence-electron chi connectivity index (χ0n) is 5.34. The molecule has 0 nitrogen and oxygen atoms in total. The predicted molar refractivity (Wildman–Crippen MR) is 39.5 cm³/mol. The van der Waals surface area contributed by atoms with Crippen molar-refractivity contribution in [2.75, 3.05) is 0 Å². The molecule has 0 amide bonds. The van der Waals surface area contributed by atoms with Crippen LogP contribution in [0, 0.1) is 0 Å². The molecule has 0 aromatic heterocycles. The molecule has 0 fully saturated rings. The van der Waals surface area contributed by atoms with Crippen LogP contribution in [0.2, 0.25) is 0 Å². The van der Waals surface area contributed by atoms with E-state index >= 15 is 0 Å². The minimum atomic E-state index is 0. The molecule has 0 saturated heterocycles. The second-order valence-electron chi connectivity index (χ2n) is 2.15. The van der Waals surface area contributed by atoms with E-state index in [1.165, 1.54) is 10.8 Å². The van der Waals surface area contributed by atoms with Gasteiger partial charge in [-0.15, -0.1) is 29.7 Å². The summed E-state index contributed by atoms with van der Waals surface area (Å²) in [6.45, 7) is 0. The van der Waals surface area contributed by atoms with E-state index in [9.17, 15) is 0 Å². The molecule has 10 heavy (non-hydrogen) atoms. The molecule has 0 aliphatic rings. The van der Waals surface area contributed by atoms with Crippen molar-refractivity contribution in [1.82, 2.24) is 0 Å². The van der Waals surface area contributed by atoms with Gasteiger partial charge in [-0.05, 0) is 0 Å². The Morgan fingerprint density at radius 2 is 1.80 bits per heavy atom. The van der Waals surface area contributed by atoms with Crippen molar-refractivity contribution in [3.63, 3.8) is 0 Å². The Bertz CT molecular complexity index is 279. The van der Waals surface area contributed by atoms with Crippen molar-refractivity contribution in [2.24, 2.45) is 0 Å². The Morgan fingerprint density at radius 1 is 1.00 bits per heavy atom. The summed E-state index contributed by atoms with van der Waals surface area (Å²) < 4.78 is 0. The topological polar surface area (TPSA) is 0 Å². The van der Waals surface area contributed by atoms with Gasteiger partial charge in [0.1, 0.15) is 0 Å². The molecule has 54 valence electrons. The van der Waals surface area contributed by atoms with E-state index in [0.29, 0.717) is 0 Å². The normalized spacial score (nSPS) is 9.20. The van der Waals surface area contributed by atoms with Crippen molar-refractivity contribution in [1.29, 1.82) is 0 Å². The molecule has 0 heterocycles. The van der Waals surface area contributed by atoms with Gasteiger partial charge in [-0.3, -0.25) is 0 Å². The standard InChI is InChI=1S/C9H7.Au/c1-2-5-9-7-3-6-8(9)4-1;/h1-7H;/q-1;+1. The molecule has 0 bridgehead atoms. The molecule has 2 rings (SSSR count). The summed E-state index contributed by atoms with van der Waals surface area (Å²) in [7, 11) is 0. The van der Waals surface area contributed by atoms with Crippen LogP contribution in [0.25, 0.3) is 10.8 Å². The molecule has 0 unspecified atom stereocenters. The third-order valence-corrected chi connectivity index (χ3v) is 1.55. The van der Waals surface area contributed by atoms with Crippen molar-refractivity contribution >= 4 is 10.8 Å². The second-order valence-corrected chi connectivity index (χ2v) is 2.15. The Hall–Kier alpha value is -0.430. The van der Waals surface area contributed by atoms with Crippen molar-refractivity contribution in [3.8, 4) is 0 Å². The minimum absolute atomic E-state index is 0. The van der Waals surface area contributed by atoms with Gasteiger partial charge in [0, 0.05) is 0 Å². The molecule has 0 saturated carbocycles. The van der Waals surface area contributed by atoms with E-state index in [-0.39, 0.29) is 22.4 Å². The van der Waals surface area contributed by atoms with Crippen molar-refractivity contribution < 1.29 is 22.4 Å². The third kappa shape index (κ3) is 1.19. The Kier molecular flexibility index (Phi) is 2.39. The number of fused-ring (bicyclic) bond motifs is 1. The average Bonchev–Trinajstić information content (AvgIpc) is 2.33. The van der Waals surface area contributed by atoms with E-state index in [1.54, 1.807) is 0 Å². The van der Waals surface area contributed by atoms with Gasteiger partial charge in [0.15, 0.2) is 0 Å². The molecule has 0 aliphatic carbocycles. The second kappa shape index (κ2) is 3.11. The fraction of sp³-hybridized carbons (Fsp3) is 0. The van der Waals surface area contributed by atoms with Gasteiger partial charge in [-0.1, -0.05) is 6.07 Å². The smallest absolute Gasteiger partial charge is 0.168 e. The van der Waals surface area contributed by atoms with Crippen LogP contribution >= 0.6 is 0 Å². The summed E-state index contributed by atoms with van der Waals surface area (Å²) in [5.41, 5.74) is 0. The van der Waals surface area contributed by atoms with Crippen LogP contribution in [-0.4, -0.2) is 0 Å². The monoisotopic (exact) mass is 312 g/mol. The predicted octanol–water partition coefficient (Wildman–Crippen LogP) is 2.56.